The van der Waals surface area contributed by atoms with Gasteiger partial charge in [-0.05, 0) is 48.4 Å². The van der Waals surface area contributed by atoms with Crippen LogP contribution in [-0.2, 0) is 11.3 Å². The Balaban J connectivity index is 1.32. The smallest absolute Gasteiger partial charge is 0.253 e. The van der Waals surface area contributed by atoms with Crippen molar-refractivity contribution in [3.8, 4) is 11.6 Å². The maximum atomic E-state index is 12.4. The van der Waals surface area contributed by atoms with E-state index in [1.54, 1.807) is 17.0 Å². The van der Waals surface area contributed by atoms with Gasteiger partial charge in [-0.2, -0.15) is 0 Å². The molecule has 0 spiro atoms. The lowest BCUT2D eigenvalue weighted by Gasteiger charge is -2.16. The van der Waals surface area contributed by atoms with Crippen molar-refractivity contribution < 1.29 is 14.3 Å². The summed E-state index contributed by atoms with van der Waals surface area (Å²) in [6, 6.07) is 18.5. The fourth-order valence-corrected chi connectivity index (χ4v) is 3.60. The molecule has 1 aliphatic heterocycles. The monoisotopic (exact) mass is 465 g/mol. The zero-order valence-corrected chi connectivity index (χ0v) is 17.8. The van der Waals surface area contributed by atoms with Gasteiger partial charge < -0.3 is 15.0 Å². The first-order valence-electron chi connectivity index (χ1n) is 9.65. The fraction of sp³-hybridized carbons (Fsp3) is 0.174. The Morgan fingerprint density at radius 1 is 1.13 bits per heavy atom. The van der Waals surface area contributed by atoms with Gasteiger partial charge >= 0.3 is 0 Å². The lowest BCUT2D eigenvalue weighted by atomic mass is 10.2. The van der Waals surface area contributed by atoms with Gasteiger partial charge in [-0.1, -0.05) is 34.1 Å². The summed E-state index contributed by atoms with van der Waals surface area (Å²) in [7, 11) is 0. The van der Waals surface area contributed by atoms with Crippen molar-refractivity contribution in [2.75, 3.05) is 11.4 Å². The molecule has 1 saturated heterocycles. The number of nitrogens with one attached hydrogen (secondary N) is 1. The number of pyridine rings is 1. The topological polar surface area (TPSA) is 71.5 Å². The Labute approximate surface area is 183 Å². The molecule has 3 aromatic rings. The third kappa shape index (κ3) is 4.86. The summed E-state index contributed by atoms with van der Waals surface area (Å²) >= 11 is 3.40. The van der Waals surface area contributed by atoms with Gasteiger partial charge in [0.2, 0.25) is 11.8 Å². The average molecular weight is 466 g/mol. The molecule has 6 nitrogen and oxygen atoms in total. The van der Waals surface area contributed by atoms with Crippen molar-refractivity contribution in [1.29, 1.82) is 0 Å². The fourth-order valence-electron chi connectivity index (χ4n) is 3.23. The van der Waals surface area contributed by atoms with Gasteiger partial charge in [-0.15, -0.1) is 0 Å². The Morgan fingerprint density at radius 2 is 1.97 bits per heavy atom. The van der Waals surface area contributed by atoms with Gasteiger partial charge in [0.05, 0.1) is 5.56 Å². The van der Waals surface area contributed by atoms with Crippen molar-refractivity contribution in [3.63, 3.8) is 0 Å². The van der Waals surface area contributed by atoms with Crippen LogP contribution in [0.3, 0.4) is 0 Å². The van der Waals surface area contributed by atoms with Crippen LogP contribution >= 0.6 is 15.9 Å². The number of aromatic nitrogens is 1. The lowest BCUT2D eigenvalue weighted by molar-refractivity contribution is -0.117. The first-order chi connectivity index (χ1) is 14.6. The number of nitrogens with zero attached hydrogens (tertiary/aromatic N) is 2. The van der Waals surface area contributed by atoms with E-state index in [9.17, 15) is 9.59 Å². The molecule has 4 rings (SSSR count). The second kappa shape index (κ2) is 9.09. The van der Waals surface area contributed by atoms with Gasteiger partial charge in [-0.3, -0.25) is 9.59 Å². The van der Waals surface area contributed by atoms with Crippen LogP contribution in [0.1, 0.15) is 28.8 Å². The van der Waals surface area contributed by atoms with Gasteiger partial charge in [-0.25, -0.2) is 4.98 Å². The van der Waals surface area contributed by atoms with E-state index in [-0.39, 0.29) is 11.8 Å². The predicted octanol–water partition coefficient (Wildman–Crippen LogP) is 4.69. The van der Waals surface area contributed by atoms with Gasteiger partial charge in [0.25, 0.3) is 5.91 Å². The quantitative estimate of drug-likeness (QED) is 0.572. The zero-order valence-electron chi connectivity index (χ0n) is 16.2. The molecule has 7 heteroatoms. The molecule has 1 aromatic heterocycles. The molecule has 2 amide bonds. The number of anilines is 1. The molecule has 0 unspecified atom stereocenters. The van der Waals surface area contributed by atoms with Crippen LogP contribution in [0.2, 0.25) is 0 Å². The van der Waals surface area contributed by atoms with Crippen LogP contribution in [0, 0.1) is 0 Å². The van der Waals surface area contributed by atoms with Crippen LogP contribution < -0.4 is 15.0 Å². The number of ether oxygens (including phenoxy) is 1. The number of hydrogen-bond acceptors (Lipinski definition) is 4. The first-order valence-corrected chi connectivity index (χ1v) is 10.4. The van der Waals surface area contributed by atoms with Gasteiger partial charge in [0, 0.05) is 41.9 Å². The number of amides is 2. The molecule has 1 aliphatic rings. The number of carbonyl (C=O) groups is 2. The van der Waals surface area contributed by atoms with E-state index in [1.807, 2.05) is 48.5 Å². The van der Waals surface area contributed by atoms with Crippen LogP contribution in [0.5, 0.6) is 11.6 Å². The van der Waals surface area contributed by atoms with Crippen molar-refractivity contribution in [3.05, 3.63) is 82.5 Å². The van der Waals surface area contributed by atoms with Crippen molar-refractivity contribution in [2.24, 2.45) is 0 Å². The Hall–Kier alpha value is -3.19. The maximum absolute atomic E-state index is 12.4. The molecule has 0 aliphatic carbocycles. The molecule has 1 N–H and O–H groups in total. The van der Waals surface area contributed by atoms with E-state index in [0.717, 1.165) is 28.7 Å². The first kappa shape index (κ1) is 20.1. The van der Waals surface area contributed by atoms with E-state index in [0.29, 0.717) is 30.2 Å². The van der Waals surface area contributed by atoms with E-state index in [2.05, 4.69) is 26.2 Å². The highest BCUT2D eigenvalue weighted by molar-refractivity contribution is 9.10. The molecule has 0 saturated carbocycles. The third-order valence-electron chi connectivity index (χ3n) is 4.79. The zero-order chi connectivity index (χ0) is 20.9. The molecule has 2 heterocycles. The normalized spacial score (nSPS) is 13.4. The van der Waals surface area contributed by atoms with Crippen LogP contribution in [0.25, 0.3) is 0 Å². The molecular weight excluding hydrogens is 446 g/mol. The summed E-state index contributed by atoms with van der Waals surface area (Å²) in [6.45, 7) is 1.16. The highest BCUT2D eigenvalue weighted by Gasteiger charge is 2.21. The summed E-state index contributed by atoms with van der Waals surface area (Å²) in [6.07, 6.45) is 3.00. The van der Waals surface area contributed by atoms with E-state index in [1.165, 1.54) is 6.20 Å². The van der Waals surface area contributed by atoms with Crippen LogP contribution in [0.15, 0.2) is 71.3 Å². The molecule has 2 aromatic carbocycles. The summed E-state index contributed by atoms with van der Waals surface area (Å²) in [4.78, 5) is 30.2. The van der Waals surface area contributed by atoms with E-state index in [4.69, 9.17) is 4.74 Å². The molecule has 30 heavy (non-hydrogen) atoms. The highest BCUT2D eigenvalue weighted by Crippen LogP contribution is 2.23. The molecule has 1 fully saturated rings. The number of rotatable bonds is 6. The molecule has 0 radical (unpaired) electrons. The number of hydrogen-bond donors (Lipinski definition) is 1. The van der Waals surface area contributed by atoms with E-state index < -0.39 is 0 Å². The lowest BCUT2D eigenvalue weighted by Crippen LogP contribution is -2.24. The van der Waals surface area contributed by atoms with Gasteiger partial charge in [0.15, 0.2) is 0 Å². The van der Waals surface area contributed by atoms with Crippen molar-refractivity contribution in [2.45, 2.75) is 19.4 Å². The third-order valence-corrected chi connectivity index (χ3v) is 5.28. The second-order valence-electron chi connectivity index (χ2n) is 6.94. The standard InChI is InChI=1S/C23H20BrN3O3/c24-18-3-1-4-20(13-18)30-21-11-8-17(15-25-21)23(29)26-14-16-6-9-19(10-7-16)27-12-2-5-22(27)28/h1,3-4,6-11,13,15H,2,5,12,14H2,(H,26,29). The highest BCUT2D eigenvalue weighted by atomic mass is 79.9. The van der Waals surface area contributed by atoms with Gasteiger partial charge in [0.1, 0.15) is 5.75 Å². The summed E-state index contributed by atoms with van der Waals surface area (Å²) in [5, 5.41) is 2.88. The summed E-state index contributed by atoms with van der Waals surface area (Å²) in [5.74, 6) is 1.02. The molecular formula is C23H20BrN3O3. The maximum Gasteiger partial charge on any atom is 0.253 e. The van der Waals surface area contributed by atoms with Crippen LogP contribution in [0.4, 0.5) is 5.69 Å². The summed E-state index contributed by atoms with van der Waals surface area (Å²) < 4.78 is 6.60. The number of carbonyl (C=O) groups excluding carboxylic acids is 2. The minimum absolute atomic E-state index is 0.163. The molecule has 0 atom stereocenters. The summed E-state index contributed by atoms with van der Waals surface area (Å²) in [5.41, 5.74) is 2.31. The molecule has 152 valence electrons. The predicted molar refractivity (Wildman–Crippen MR) is 118 cm³/mol. The SMILES string of the molecule is O=C(NCc1ccc(N2CCCC2=O)cc1)c1ccc(Oc2cccc(Br)c2)nc1. The number of halogens is 1. The van der Waals surface area contributed by atoms with Crippen molar-refractivity contribution >= 4 is 33.4 Å². The minimum atomic E-state index is -0.213. The molecule has 0 bridgehead atoms. The second-order valence-corrected chi connectivity index (χ2v) is 7.86. The Bertz CT molecular complexity index is 1050. The van der Waals surface area contributed by atoms with Crippen molar-refractivity contribution in [1.82, 2.24) is 10.3 Å². The van der Waals surface area contributed by atoms with E-state index >= 15 is 0 Å². The Kier molecular flexibility index (Phi) is 6.09. The average Bonchev–Trinajstić information content (AvgIpc) is 3.19. The minimum Gasteiger partial charge on any atom is -0.439 e. The Morgan fingerprint density at radius 3 is 2.63 bits per heavy atom. The number of benzene rings is 2. The largest absolute Gasteiger partial charge is 0.439 e. The van der Waals surface area contributed by atoms with Crippen LogP contribution in [-0.4, -0.2) is 23.3 Å².